The molecular formula is C14H13N3O2. The molecule has 0 saturated carbocycles. The number of carboxylic acid groups (broad SMARTS) is 1. The van der Waals surface area contributed by atoms with Gasteiger partial charge >= 0.3 is 5.97 Å². The zero-order chi connectivity index (χ0) is 13.4. The quantitative estimate of drug-likeness (QED) is 0.753. The largest absolute Gasteiger partial charge is 0.478 e. The van der Waals surface area contributed by atoms with Crippen LogP contribution in [0.15, 0.2) is 36.8 Å². The Morgan fingerprint density at radius 2 is 2.21 bits per heavy atom. The van der Waals surface area contributed by atoms with Gasteiger partial charge in [0.25, 0.3) is 0 Å². The van der Waals surface area contributed by atoms with Crippen LogP contribution in [0, 0.1) is 0 Å². The zero-order valence-electron chi connectivity index (χ0n) is 10.4. The van der Waals surface area contributed by atoms with Crippen molar-refractivity contribution in [2.45, 2.75) is 6.42 Å². The molecule has 3 rings (SSSR count). The summed E-state index contributed by atoms with van der Waals surface area (Å²) in [5.74, 6) is -0.897. The number of carboxylic acids is 1. The SMILES string of the molecule is Cn1c(Cc2cnc[nH]2)c(C(=O)O)c2ccccc21. The summed E-state index contributed by atoms with van der Waals surface area (Å²) in [6.07, 6.45) is 3.83. The molecule has 2 aromatic heterocycles. The third kappa shape index (κ3) is 1.79. The van der Waals surface area contributed by atoms with Crippen LogP contribution in [0.1, 0.15) is 21.7 Å². The molecule has 0 aliphatic rings. The van der Waals surface area contributed by atoms with Gasteiger partial charge in [-0.2, -0.15) is 0 Å². The van der Waals surface area contributed by atoms with Crippen molar-refractivity contribution in [1.82, 2.24) is 14.5 Å². The first-order chi connectivity index (χ1) is 9.18. The van der Waals surface area contributed by atoms with Gasteiger partial charge in [0, 0.05) is 42.0 Å². The van der Waals surface area contributed by atoms with Crippen molar-refractivity contribution in [3.8, 4) is 0 Å². The highest BCUT2D eigenvalue weighted by molar-refractivity contribution is 6.05. The monoisotopic (exact) mass is 255 g/mol. The van der Waals surface area contributed by atoms with Gasteiger partial charge in [-0.25, -0.2) is 9.78 Å². The highest BCUT2D eigenvalue weighted by Crippen LogP contribution is 2.26. The van der Waals surface area contributed by atoms with Crippen LogP contribution in [0.5, 0.6) is 0 Å². The molecular weight excluding hydrogens is 242 g/mol. The summed E-state index contributed by atoms with van der Waals surface area (Å²) < 4.78 is 1.93. The predicted molar refractivity (Wildman–Crippen MR) is 71.3 cm³/mol. The van der Waals surface area contributed by atoms with Gasteiger partial charge in [-0.1, -0.05) is 18.2 Å². The number of aryl methyl sites for hydroxylation is 1. The number of hydrogen-bond acceptors (Lipinski definition) is 2. The number of nitrogens with one attached hydrogen (secondary N) is 1. The Bertz CT molecular complexity index is 741. The lowest BCUT2D eigenvalue weighted by molar-refractivity contribution is 0.0697. The average Bonchev–Trinajstić information content (AvgIpc) is 2.98. The number of imidazole rings is 1. The molecule has 0 amide bonds. The molecule has 0 bridgehead atoms. The van der Waals surface area contributed by atoms with Gasteiger partial charge in [0.2, 0.25) is 0 Å². The maximum Gasteiger partial charge on any atom is 0.338 e. The number of aromatic nitrogens is 3. The molecule has 5 nitrogen and oxygen atoms in total. The summed E-state index contributed by atoms with van der Waals surface area (Å²) in [6, 6.07) is 7.54. The second-order valence-corrected chi connectivity index (χ2v) is 4.46. The minimum atomic E-state index is -0.897. The lowest BCUT2D eigenvalue weighted by atomic mass is 10.1. The van der Waals surface area contributed by atoms with Crippen LogP contribution in [0.25, 0.3) is 10.9 Å². The summed E-state index contributed by atoms with van der Waals surface area (Å²) in [6.45, 7) is 0. The van der Waals surface area contributed by atoms with E-state index in [1.165, 1.54) is 0 Å². The zero-order valence-corrected chi connectivity index (χ0v) is 10.4. The smallest absolute Gasteiger partial charge is 0.338 e. The second kappa shape index (κ2) is 4.28. The molecule has 19 heavy (non-hydrogen) atoms. The van der Waals surface area contributed by atoms with Crippen molar-refractivity contribution in [3.63, 3.8) is 0 Å². The molecule has 0 spiro atoms. The van der Waals surface area contributed by atoms with Gasteiger partial charge in [-0.15, -0.1) is 0 Å². The van der Waals surface area contributed by atoms with E-state index in [0.29, 0.717) is 12.0 Å². The third-order valence-corrected chi connectivity index (χ3v) is 3.35. The van der Waals surface area contributed by atoms with Crippen LogP contribution in [-0.2, 0) is 13.5 Å². The molecule has 0 aliphatic heterocycles. The number of rotatable bonds is 3. The molecule has 3 aromatic rings. The number of aromatic carboxylic acids is 1. The standard InChI is InChI=1S/C14H13N3O2/c1-17-11-5-3-2-4-10(11)13(14(18)19)12(17)6-9-7-15-8-16-9/h2-5,7-8H,6H2,1H3,(H,15,16)(H,18,19). The maximum absolute atomic E-state index is 11.5. The Hall–Kier alpha value is -2.56. The highest BCUT2D eigenvalue weighted by Gasteiger charge is 2.20. The Balaban J connectivity index is 2.24. The lowest BCUT2D eigenvalue weighted by Gasteiger charge is -2.04. The van der Waals surface area contributed by atoms with E-state index in [2.05, 4.69) is 9.97 Å². The Morgan fingerprint density at radius 3 is 2.89 bits per heavy atom. The van der Waals surface area contributed by atoms with E-state index in [1.807, 2.05) is 35.9 Å². The lowest BCUT2D eigenvalue weighted by Crippen LogP contribution is -2.05. The van der Waals surface area contributed by atoms with E-state index in [1.54, 1.807) is 12.5 Å². The van der Waals surface area contributed by atoms with Crippen LogP contribution < -0.4 is 0 Å². The van der Waals surface area contributed by atoms with Gasteiger partial charge in [-0.3, -0.25) is 0 Å². The molecule has 96 valence electrons. The van der Waals surface area contributed by atoms with Crippen LogP contribution >= 0.6 is 0 Å². The Morgan fingerprint density at radius 1 is 1.42 bits per heavy atom. The summed E-state index contributed by atoms with van der Waals surface area (Å²) >= 11 is 0. The van der Waals surface area contributed by atoms with Gasteiger partial charge in [0.15, 0.2) is 0 Å². The van der Waals surface area contributed by atoms with Crippen LogP contribution in [0.4, 0.5) is 0 Å². The maximum atomic E-state index is 11.5. The van der Waals surface area contributed by atoms with E-state index in [0.717, 1.165) is 22.3 Å². The van der Waals surface area contributed by atoms with Gasteiger partial charge in [-0.05, 0) is 6.07 Å². The molecule has 0 fully saturated rings. The predicted octanol–water partition coefficient (Wildman–Crippen LogP) is 2.19. The first-order valence-corrected chi connectivity index (χ1v) is 5.95. The minimum absolute atomic E-state index is 0.368. The number of benzene rings is 1. The van der Waals surface area contributed by atoms with E-state index >= 15 is 0 Å². The van der Waals surface area contributed by atoms with Crippen molar-refractivity contribution in [3.05, 3.63) is 53.7 Å². The van der Waals surface area contributed by atoms with Crippen LogP contribution in [0.3, 0.4) is 0 Å². The molecule has 1 aromatic carbocycles. The molecule has 0 saturated heterocycles. The van der Waals surface area contributed by atoms with Gasteiger partial charge in [0.1, 0.15) is 0 Å². The fourth-order valence-electron chi connectivity index (χ4n) is 2.45. The van der Waals surface area contributed by atoms with E-state index in [-0.39, 0.29) is 0 Å². The molecule has 2 N–H and O–H groups in total. The molecule has 0 radical (unpaired) electrons. The number of fused-ring (bicyclic) bond motifs is 1. The van der Waals surface area contributed by atoms with Crippen molar-refractivity contribution < 1.29 is 9.90 Å². The average molecular weight is 255 g/mol. The topological polar surface area (TPSA) is 70.9 Å². The van der Waals surface area contributed by atoms with Gasteiger partial charge < -0.3 is 14.7 Å². The first-order valence-electron chi connectivity index (χ1n) is 5.95. The number of carbonyl (C=O) groups is 1. The van der Waals surface area contributed by atoms with E-state index in [9.17, 15) is 9.90 Å². The number of hydrogen-bond donors (Lipinski definition) is 2. The van der Waals surface area contributed by atoms with E-state index in [4.69, 9.17) is 0 Å². The van der Waals surface area contributed by atoms with Crippen molar-refractivity contribution in [2.24, 2.45) is 7.05 Å². The Kier molecular flexibility index (Phi) is 2.59. The molecule has 2 heterocycles. The summed E-state index contributed by atoms with van der Waals surface area (Å²) in [5.41, 5.74) is 2.97. The summed E-state index contributed by atoms with van der Waals surface area (Å²) in [7, 11) is 1.89. The number of para-hydroxylation sites is 1. The highest BCUT2D eigenvalue weighted by atomic mass is 16.4. The Labute approximate surface area is 109 Å². The van der Waals surface area contributed by atoms with E-state index < -0.39 is 5.97 Å². The number of nitrogens with zero attached hydrogens (tertiary/aromatic N) is 2. The summed E-state index contributed by atoms with van der Waals surface area (Å²) in [5, 5.41) is 10.2. The number of H-pyrrole nitrogens is 1. The van der Waals surface area contributed by atoms with Gasteiger partial charge in [0.05, 0.1) is 11.9 Å². The molecule has 0 atom stereocenters. The molecule has 0 aliphatic carbocycles. The van der Waals surface area contributed by atoms with Crippen LogP contribution in [0.2, 0.25) is 0 Å². The molecule has 5 heteroatoms. The fraction of sp³-hybridized carbons (Fsp3) is 0.143. The summed E-state index contributed by atoms with van der Waals surface area (Å²) in [4.78, 5) is 18.5. The van der Waals surface area contributed by atoms with Crippen molar-refractivity contribution in [2.75, 3.05) is 0 Å². The first kappa shape index (κ1) is 11.5. The fourth-order valence-corrected chi connectivity index (χ4v) is 2.45. The molecule has 0 unspecified atom stereocenters. The van der Waals surface area contributed by atoms with Crippen LogP contribution in [-0.4, -0.2) is 25.6 Å². The van der Waals surface area contributed by atoms with Crippen molar-refractivity contribution >= 4 is 16.9 Å². The normalized spacial score (nSPS) is 11.0. The number of aromatic amines is 1. The second-order valence-electron chi connectivity index (χ2n) is 4.46. The minimum Gasteiger partial charge on any atom is -0.478 e. The third-order valence-electron chi connectivity index (χ3n) is 3.35. The van der Waals surface area contributed by atoms with Crippen molar-refractivity contribution in [1.29, 1.82) is 0 Å².